The minimum atomic E-state index is -0.336. The third kappa shape index (κ3) is 4.18. The molecule has 1 aromatic heterocycles. The normalized spacial score (nSPS) is 16.4. The molecular formula is C13H19N3O3. The van der Waals surface area contributed by atoms with Crippen LogP contribution in [0.5, 0.6) is 0 Å². The average Bonchev–Trinajstić information content (AvgIpc) is 2.46. The van der Waals surface area contributed by atoms with Crippen molar-refractivity contribution in [2.24, 2.45) is 0 Å². The number of aliphatic hydroxyl groups excluding tert-OH is 1. The van der Waals surface area contributed by atoms with Crippen molar-refractivity contribution in [2.45, 2.75) is 6.54 Å². The van der Waals surface area contributed by atoms with Gasteiger partial charge in [-0.2, -0.15) is 0 Å². The molecule has 1 amide bonds. The van der Waals surface area contributed by atoms with Gasteiger partial charge >= 0.3 is 6.09 Å². The van der Waals surface area contributed by atoms with Gasteiger partial charge in [-0.15, -0.1) is 0 Å². The number of ether oxygens (including phenoxy) is 1. The molecule has 104 valence electrons. The number of nitrogens with zero attached hydrogens (tertiary/aromatic N) is 3. The van der Waals surface area contributed by atoms with Crippen molar-refractivity contribution in [1.29, 1.82) is 0 Å². The first-order valence-corrected chi connectivity index (χ1v) is 6.43. The fourth-order valence-electron chi connectivity index (χ4n) is 2.06. The number of piperazine rings is 1. The highest BCUT2D eigenvalue weighted by Crippen LogP contribution is 2.08. The number of carbonyl (C=O) groups excluding carboxylic acids is 1. The molecule has 19 heavy (non-hydrogen) atoms. The molecule has 0 bridgehead atoms. The van der Waals surface area contributed by atoms with Crippen molar-refractivity contribution >= 4 is 6.09 Å². The first kappa shape index (κ1) is 13.8. The van der Waals surface area contributed by atoms with E-state index in [4.69, 9.17) is 9.84 Å². The van der Waals surface area contributed by atoms with E-state index in [-0.39, 0.29) is 19.3 Å². The van der Waals surface area contributed by atoms with E-state index in [1.54, 1.807) is 17.3 Å². The molecule has 1 aromatic rings. The van der Waals surface area contributed by atoms with Crippen LogP contribution in [0.25, 0.3) is 0 Å². The molecule has 1 aliphatic rings. The lowest BCUT2D eigenvalue weighted by Gasteiger charge is -2.34. The van der Waals surface area contributed by atoms with E-state index in [0.29, 0.717) is 13.1 Å². The van der Waals surface area contributed by atoms with Gasteiger partial charge in [-0.05, 0) is 17.7 Å². The summed E-state index contributed by atoms with van der Waals surface area (Å²) in [5.74, 6) is 0. The van der Waals surface area contributed by atoms with E-state index in [2.05, 4.69) is 9.88 Å². The van der Waals surface area contributed by atoms with E-state index in [9.17, 15) is 4.79 Å². The Labute approximate surface area is 112 Å². The summed E-state index contributed by atoms with van der Waals surface area (Å²) in [4.78, 5) is 19.6. The van der Waals surface area contributed by atoms with Crippen LogP contribution in [0, 0.1) is 0 Å². The zero-order valence-corrected chi connectivity index (χ0v) is 10.9. The molecule has 2 heterocycles. The predicted molar refractivity (Wildman–Crippen MR) is 69.5 cm³/mol. The van der Waals surface area contributed by atoms with Crippen LogP contribution in [-0.4, -0.2) is 65.4 Å². The van der Waals surface area contributed by atoms with Gasteiger partial charge in [-0.1, -0.05) is 0 Å². The van der Waals surface area contributed by atoms with Gasteiger partial charge in [-0.25, -0.2) is 4.79 Å². The highest BCUT2D eigenvalue weighted by molar-refractivity contribution is 5.67. The van der Waals surface area contributed by atoms with E-state index >= 15 is 0 Å². The molecule has 0 radical (unpaired) electrons. The van der Waals surface area contributed by atoms with E-state index in [0.717, 1.165) is 19.6 Å². The Hall–Kier alpha value is -1.66. The molecule has 0 aromatic carbocycles. The Morgan fingerprint density at radius 3 is 2.58 bits per heavy atom. The highest BCUT2D eigenvalue weighted by atomic mass is 16.6. The van der Waals surface area contributed by atoms with Crippen molar-refractivity contribution in [1.82, 2.24) is 14.8 Å². The maximum Gasteiger partial charge on any atom is 0.409 e. The molecule has 0 unspecified atom stereocenters. The summed E-state index contributed by atoms with van der Waals surface area (Å²) >= 11 is 0. The molecule has 0 aliphatic carbocycles. The molecule has 0 spiro atoms. The SMILES string of the molecule is O=C(OCCO)N1CCN(Cc2ccncc2)CC1. The van der Waals surface area contributed by atoms with Crippen LogP contribution < -0.4 is 0 Å². The van der Waals surface area contributed by atoms with Crippen LogP contribution in [0.3, 0.4) is 0 Å². The summed E-state index contributed by atoms with van der Waals surface area (Å²) < 4.78 is 4.89. The minimum Gasteiger partial charge on any atom is -0.447 e. The van der Waals surface area contributed by atoms with Crippen LogP contribution in [0.1, 0.15) is 5.56 Å². The molecule has 1 aliphatic heterocycles. The Morgan fingerprint density at radius 2 is 1.95 bits per heavy atom. The summed E-state index contributed by atoms with van der Waals surface area (Å²) in [5, 5.41) is 8.61. The molecule has 6 heteroatoms. The number of pyridine rings is 1. The first-order chi connectivity index (χ1) is 9.29. The predicted octanol–water partition coefficient (Wildman–Crippen LogP) is 0.328. The van der Waals surface area contributed by atoms with Crippen molar-refractivity contribution in [3.63, 3.8) is 0 Å². The van der Waals surface area contributed by atoms with Crippen molar-refractivity contribution in [3.8, 4) is 0 Å². The van der Waals surface area contributed by atoms with E-state index < -0.39 is 0 Å². The van der Waals surface area contributed by atoms with Crippen LogP contribution >= 0.6 is 0 Å². The number of amides is 1. The molecule has 6 nitrogen and oxygen atoms in total. The third-order valence-electron chi connectivity index (χ3n) is 3.10. The van der Waals surface area contributed by atoms with Gasteiger partial charge in [0.25, 0.3) is 0 Å². The molecule has 1 saturated heterocycles. The topological polar surface area (TPSA) is 65.9 Å². The zero-order valence-electron chi connectivity index (χ0n) is 10.9. The van der Waals surface area contributed by atoms with Gasteiger partial charge in [-0.3, -0.25) is 9.88 Å². The number of aromatic nitrogens is 1. The maximum atomic E-state index is 11.6. The Kier molecular flexibility index (Phi) is 5.11. The quantitative estimate of drug-likeness (QED) is 0.849. The number of carbonyl (C=O) groups is 1. The summed E-state index contributed by atoms with van der Waals surface area (Å²) in [6, 6.07) is 4.00. The fourth-order valence-corrected chi connectivity index (χ4v) is 2.06. The van der Waals surface area contributed by atoms with Gasteiger partial charge in [0.1, 0.15) is 6.61 Å². The summed E-state index contributed by atoms with van der Waals surface area (Å²) in [6.45, 7) is 3.80. The highest BCUT2D eigenvalue weighted by Gasteiger charge is 2.21. The van der Waals surface area contributed by atoms with Gasteiger partial charge in [0.05, 0.1) is 6.61 Å². The molecule has 0 atom stereocenters. The number of hydrogen-bond donors (Lipinski definition) is 1. The lowest BCUT2D eigenvalue weighted by Crippen LogP contribution is -2.48. The number of hydrogen-bond acceptors (Lipinski definition) is 5. The van der Waals surface area contributed by atoms with E-state index in [1.807, 2.05) is 12.1 Å². The molecule has 1 N–H and O–H groups in total. The second-order valence-corrected chi connectivity index (χ2v) is 4.46. The Balaban J connectivity index is 1.75. The van der Waals surface area contributed by atoms with E-state index in [1.165, 1.54) is 5.56 Å². The summed E-state index contributed by atoms with van der Waals surface area (Å²) in [5.41, 5.74) is 1.23. The molecule has 0 saturated carbocycles. The summed E-state index contributed by atoms with van der Waals surface area (Å²) in [6.07, 6.45) is 3.24. The minimum absolute atomic E-state index is 0.0655. The van der Waals surface area contributed by atoms with Crippen molar-refractivity contribution < 1.29 is 14.6 Å². The van der Waals surface area contributed by atoms with Gasteiger partial charge in [0.15, 0.2) is 0 Å². The second-order valence-electron chi connectivity index (χ2n) is 4.46. The molecule has 1 fully saturated rings. The molecule has 2 rings (SSSR count). The van der Waals surface area contributed by atoms with Gasteiger partial charge in [0, 0.05) is 45.1 Å². The smallest absolute Gasteiger partial charge is 0.409 e. The average molecular weight is 265 g/mol. The largest absolute Gasteiger partial charge is 0.447 e. The van der Waals surface area contributed by atoms with Crippen molar-refractivity contribution in [2.75, 3.05) is 39.4 Å². The Morgan fingerprint density at radius 1 is 1.26 bits per heavy atom. The second kappa shape index (κ2) is 7.06. The van der Waals surface area contributed by atoms with Crippen molar-refractivity contribution in [3.05, 3.63) is 30.1 Å². The van der Waals surface area contributed by atoms with Gasteiger partial charge in [0.2, 0.25) is 0 Å². The van der Waals surface area contributed by atoms with Crippen LogP contribution in [0.15, 0.2) is 24.5 Å². The Bertz CT molecular complexity index is 391. The zero-order chi connectivity index (χ0) is 13.5. The summed E-state index contributed by atoms with van der Waals surface area (Å²) in [7, 11) is 0. The maximum absolute atomic E-state index is 11.6. The lowest BCUT2D eigenvalue weighted by molar-refractivity contribution is 0.0630. The number of rotatable bonds is 4. The van der Waals surface area contributed by atoms with Crippen LogP contribution in [0.2, 0.25) is 0 Å². The first-order valence-electron chi connectivity index (χ1n) is 6.43. The number of aliphatic hydroxyl groups is 1. The van der Waals surface area contributed by atoms with Crippen LogP contribution in [0.4, 0.5) is 4.79 Å². The lowest BCUT2D eigenvalue weighted by atomic mass is 10.2. The molecular weight excluding hydrogens is 246 g/mol. The fraction of sp³-hybridized carbons (Fsp3) is 0.538. The van der Waals surface area contributed by atoms with Gasteiger partial charge < -0.3 is 14.7 Å². The standard InChI is InChI=1S/C13H19N3O3/c17-9-10-19-13(18)16-7-5-15(6-8-16)11-12-1-3-14-4-2-12/h1-4,17H,5-11H2. The monoisotopic (exact) mass is 265 g/mol. The third-order valence-corrected chi connectivity index (χ3v) is 3.10. The van der Waals surface area contributed by atoms with Crippen LogP contribution in [-0.2, 0) is 11.3 Å².